The first-order valence-electron chi connectivity index (χ1n) is 8.64. The van der Waals surface area contributed by atoms with Crippen LogP contribution in [0.3, 0.4) is 0 Å². The maximum atomic E-state index is 9.84. The highest BCUT2D eigenvalue weighted by molar-refractivity contribution is 7.19. The monoisotopic (exact) mass is 352 g/mol. The quantitative estimate of drug-likeness (QED) is 0.543. The molecule has 25 heavy (non-hydrogen) atoms. The Morgan fingerprint density at radius 3 is 2.92 bits per heavy atom. The molecule has 0 saturated heterocycles. The number of phenols is 1. The zero-order valence-electron chi connectivity index (χ0n) is 14.1. The molecule has 0 spiro atoms. The molecule has 2 aromatic heterocycles. The lowest BCUT2D eigenvalue weighted by atomic mass is 9.97. The summed E-state index contributed by atoms with van der Waals surface area (Å²) in [5, 5.41) is 15.3. The van der Waals surface area contributed by atoms with Crippen LogP contribution in [0.5, 0.6) is 5.75 Å². The number of para-hydroxylation sites is 1. The van der Waals surface area contributed by atoms with Crippen LogP contribution in [0.2, 0.25) is 0 Å². The van der Waals surface area contributed by atoms with E-state index in [-0.39, 0.29) is 5.75 Å². The van der Waals surface area contributed by atoms with Gasteiger partial charge in [-0.15, -0.1) is 11.3 Å². The predicted octanol–water partition coefficient (Wildman–Crippen LogP) is 4.28. The summed E-state index contributed by atoms with van der Waals surface area (Å²) < 4.78 is 0. The van der Waals surface area contributed by atoms with Gasteiger partial charge in [-0.2, -0.15) is 5.10 Å². The van der Waals surface area contributed by atoms with E-state index < -0.39 is 0 Å². The van der Waals surface area contributed by atoms with Crippen LogP contribution in [0.4, 0.5) is 5.82 Å². The van der Waals surface area contributed by atoms with Crippen LogP contribution in [0, 0.1) is 0 Å². The number of fused-ring (bicyclic) bond motifs is 3. The van der Waals surface area contributed by atoms with Gasteiger partial charge in [0, 0.05) is 16.9 Å². The molecule has 128 valence electrons. The second kappa shape index (κ2) is 6.80. The number of nitrogens with zero attached hydrogens (tertiary/aromatic N) is 3. The van der Waals surface area contributed by atoms with E-state index in [9.17, 15) is 5.11 Å². The van der Waals surface area contributed by atoms with Crippen molar-refractivity contribution in [2.75, 3.05) is 5.43 Å². The molecular weight excluding hydrogens is 332 g/mol. The number of nitrogens with one attached hydrogen (secondary N) is 1. The molecule has 1 aliphatic carbocycles. The van der Waals surface area contributed by atoms with Gasteiger partial charge >= 0.3 is 0 Å². The van der Waals surface area contributed by atoms with E-state index in [2.05, 4.69) is 22.4 Å². The van der Waals surface area contributed by atoms with E-state index in [1.807, 2.05) is 12.1 Å². The Labute approximate surface area is 150 Å². The Kier molecular flexibility index (Phi) is 4.36. The summed E-state index contributed by atoms with van der Waals surface area (Å²) in [6, 6.07) is 7.13. The molecule has 0 bridgehead atoms. The highest BCUT2D eigenvalue weighted by atomic mass is 32.1. The van der Waals surface area contributed by atoms with Crippen molar-refractivity contribution in [3.05, 3.63) is 46.1 Å². The van der Waals surface area contributed by atoms with Crippen molar-refractivity contribution in [2.24, 2.45) is 5.10 Å². The molecule has 6 heteroatoms. The summed E-state index contributed by atoms with van der Waals surface area (Å²) in [4.78, 5) is 11.9. The molecule has 0 radical (unpaired) electrons. The summed E-state index contributed by atoms with van der Waals surface area (Å²) in [7, 11) is 0. The van der Waals surface area contributed by atoms with Crippen LogP contribution in [0.25, 0.3) is 10.2 Å². The average Bonchev–Trinajstić information content (AvgIpc) is 3.01. The third-order valence-electron chi connectivity index (χ3n) is 4.49. The van der Waals surface area contributed by atoms with Crippen LogP contribution in [0.15, 0.2) is 29.4 Å². The van der Waals surface area contributed by atoms with Gasteiger partial charge in [-0.25, -0.2) is 9.97 Å². The second-order valence-corrected chi connectivity index (χ2v) is 7.25. The molecular formula is C19H20N4OS. The Hall–Kier alpha value is -2.47. The largest absolute Gasteiger partial charge is 0.507 e. The molecule has 0 aliphatic heterocycles. The summed E-state index contributed by atoms with van der Waals surface area (Å²) in [6.45, 7) is 2.06. The Balaban J connectivity index is 1.72. The van der Waals surface area contributed by atoms with E-state index in [1.165, 1.54) is 23.3 Å². The molecule has 5 nitrogen and oxygen atoms in total. The molecule has 2 N–H and O–H groups in total. The number of hydrazone groups is 1. The van der Waals surface area contributed by atoms with Crippen molar-refractivity contribution in [3.8, 4) is 5.75 Å². The lowest BCUT2D eigenvalue weighted by Gasteiger charge is -2.11. The standard InChI is InChI=1S/C19H20N4OS/c1-2-16-21-18(23-20-11-12-7-3-5-9-14(12)24)17-13-8-4-6-10-15(13)25-19(17)22-16/h3,5,7,9,11,24H,2,4,6,8,10H2,1H3,(H,21,22,23)/b20-11+. The molecule has 0 fully saturated rings. The smallest absolute Gasteiger partial charge is 0.159 e. The number of hydrogen-bond acceptors (Lipinski definition) is 6. The summed E-state index contributed by atoms with van der Waals surface area (Å²) >= 11 is 1.79. The SMILES string of the molecule is CCc1nc(N/N=C/c2ccccc2O)c2c3c(sc2n1)CCCC3. The number of benzene rings is 1. The van der Waals surface area contributed by atoms with Crippen molar-refractivity contribution >= 4 is 33.6 Å². The first kappa shape index (κ1) is 16.0. The van der Waals surface area contributed by atoms with Crippen LogP contribution in [-0.2, 0) is 19.3 Å². The number of anilines is 1. The van der Waals surface area contributed by atoms with Gasteiger partial charge in [0.15, 0.2) is 5.82 Å². The average molecular weight is 352 g/mol. The number of hydrogen-bond donors (Lipinski definition) is 2. The Morgan fingerprint density at radius 2 is 2.08 bits per heavy atom. The summed E-state index contributed by atoms with van der Waals surface area (Å²) in [5.74, 6) is 1.81. The fourth-order valence-corrected chi connectivity index (χ4v) is 4.48. The van der Waals surface area contributed by atoms with Crippen molar-refractivity contribution in [2.45, 2.75) is 39.0 Å². The number of rotatable bonds is 4. The molecule has 0 atom stereocenters. The van der Waals surface area contributed by atoms with Gasteiger partial charge < -0.3 is 5.11 Å². The van der Waals surface area contributed by atoms with Gasteiger partial charge in [0.2, 0.25) is 0 Å². The minimum Gasteiger partial charge on any atom is -0.507 e. The molecule has 1 aliphatic rings. The lowest BCUT2D eigenvalue weighted by molar-refractivity contribution is 0.474. The molecule has 0 saturated carbocycles. The van der Waals surface area contributed by atoms with E-state index in [0.29, 0.717) is 5.56 Å². The van der Waals surface area contributed by atoms with Gasteiger partial charge in [-0.3, -0.25) is 5.43 Å². The predicted molar refractivity (Wildman–Crippen MR) is 103 cm³/mol. The highest BCUT2D eigenvalue weighted by Gasteiger charge is 2.20. The molecule has 2 heterocycles. The maximum absolute atomic E-state index is 9.84. The normalized spacial score (nSPS) is 14.1. The van der Waals surface area contributed by atoms with Gasteiger partial charge in [0.25, 0.3) is 0 Å². The Morgan fingerprint density at radius 1 is 1.24 bits per heavy atom. The fourth-order valence-electron chi connectivity index (χ4n) is 3.20. The topological polar surface area (TPSA) is 70.4 Å². The van der Waals surface area contributed by atoms with Gasteiger partial charge in [0.1, 0.15) is 16.4 Å². The number of aryl methyl sites for hydroxylation is 3. The van der Waals surface area contributed by atoms with Crippen molar-refractivity contribution in [1.29, 1.82) is 0 Å². The number of aromatic nitrogens is 2. The maximum Gasteiger partial charge on any atom is 0.159 e. The number of aromatic hydroxyl groups is 1. The zero-order chi connectivity index (χ0) is 17.2. The minimum absolute atomic E-state index is 0.211. The Bertz CT molecular complexity index is 948. The van der Waals surface area contributed by atoms with Crippen LogP contribution < -0.4 is 5.43 Å². The first-order valence-corrected chi connectivity index (χ1v) is 9.46. The summed E-state index contributed by atoms with van der Waals surface area (Å²) in [5.41, 5.74) is 5.14. The molecule has 0 unspecified atom stereocenters. The van der Waals surface area contributed by atoms with Crippen molar-refractivity contribution in [1.82, 2.24) is 9.97 Å². The van der Waals surface area contributed by atoms with Crippen molar-refractivity contribution < 1.29 is 5.11 Å². The van der Waals surface area contributed by atoms with E-state index in [4.69, 9.17) is 4.98 Å². The third-order valence-corrected chi connectivity index (χ3v) is 5.67. The van der Waals surface area contributed by atoms with Crippen LogP contribution in [0.1, 0.15) is 41.6 Å². The van der Waals surface area contributed by atoms with E-state index in [1.54, 1.807) is 29.7 Å². The molecule has 3 aromatic rings. The number of phenolic OH excluding ortho intramolecular Hbond substituents is 1. The van der Waals surface area contributed by atoms with Gasteiger partial charge in [0.05, 0.1) is 11.6 Å². The van der Waals surface area contributed by atoms with Gasteiger partial charge in [-0.1, -0.05) is 19.1 Å². The number of thiophene rings is 1. The van der Waals surface area contributed by atoms with E-state index >= 15 is 0 Å². The van der Waals surface area contributed by atoms with E-state index in [0.717, 1.165) is 41.1 Å². The zero-order valence-corrected chi connectivity index (χ0v) is 14.9. The molecule has 1 aromatic carbocycles. The highest BCUT2D eigenvalue weighted by Crippen LogP contribution is 2.38. The van der Waals surface area contributed by atoms with Crippen LogP contribution >= 0.6 is 11.3 Å². The summed E-state index contributed by atoms with van der Waals surface area (Å²) in [6.07, 6.45) is 7.10. The fraction of sp³-hybridized carbons (Fsp3) is 0.316. The molecule has 0 amide bonds. The second-order valence-electron chi connectivity index (χ2n) is 6.16. The minimum atomic E-state index is 0.211. The van der Waals surface area contributed by atoms with Gasteiger partial charge in [-0.05, 0) is 43.4 Å². The van der Waals surface area contributed by atoms with Crippen LogP contribution in [-0.4, -0.2) is 21.3 Å². The van der Waals surface area contributed by atoms with Crippen molar-refractivity contribution in [3.63, 3.8) is 0 Å². The lowest BCUT2D eigenvalue weighted by Crippen LogP contribution is -2.03. The molecule has 4 rings (SSSR count). The first-order chi connectivity index (χ1) is 12.3. The third kappa shape index (κ3) is 3.09.